The molecule has 9 heteroatoms. The summed E-state index contributed by atoms with van der Waals surface area (Å²) in [5.74, 6) is -0.611. The summed E-state index contributed by atoms with van der Waals surface area (Å²) in [4.78, 5) is 12.0. The summed E-state index contributed by atoms with van der Waals surface area (Å²) in [6.45, 7) is -0.0880. The van der Waals surface area contributed by atoms with Gasteiger partial charge in [-0.1, -0.05) is 47.0 Å². The maximum absolute atomic E-state index is 12.3. The van der Waals surface area contributed by atoms with E-state index in [0.717, 1.165) is 0 Å². The summed E-state index contributed by atoms with van der Waals surface area (Å²) >= 11 is 5.77. The lowest BCUT2D eigenvalue weighted by Gasteiger charge is -2.02. The second-order valence-corrected chi connectivity index (χ2v) is 7.70. The molecule has 2 aromatic carbocycles. The molecule has 1 N–H and O–H groups in total. The first kappa shape index (κ1) is 18.1. The predicted molar refractivity (Wildman–Crippen MR) is 94.3 cm³/mol. The Labute approximate surface area is 154 Å². The van der Waals surface area contributed by atoms with E-state index < -0.39 is 15.1 Å². The van der Waals surface area contributed by atoms with Gasteiger partial charge in [0.2, 0.25) is 15.7 Å². The zero-order valence-electron chi connectivity index (χ0n) is 13.4. The van der Waals surface area contributed by atoms with Crippen molar-refractivity contribution in [3.05, 3.63) is 76.6 Å². The van der Waals surface area contributed by atoms with E-state index in [0.29, 0.717) is 16.1 Å². The van der Waals surface area contributed by atoms with Crippen molar-refractivity contribution in [3.63, 3.8) is 0 Å². The van der Waals surface area contributed by atoms with E-state index in [9.17, 15) is 13.2 Å². The molecule has 0 atom stereocenters. The Kier molecular flexibility index (Phi) is 5.34. The summed E-state index contributed by atoms with van der Waals surface area (Å²) in [6, 6.07) is 15.0. The van der Waals surface area contributed by atoms with E-state index >= 15 is 0 Å². The maximum atomic E-state index is 12.3. The van der Waals surface area contributed by atoms with Gasteiger partial charge in [0.1, 0.15) is 0 Å². The highest BCUT2D eigenvalue weighted by Gasteiger charge is 2.23. The number of sulfone groups is 1. The zero-order chi connectivity index (χ0) is 18.6. The molecule has 0 spiro atoms. The van der Waals surface area contributed by atoms with Crippen molar-refractivity contribution in [1.29, 1.82) is 0 Å². The van der Waals surface area contributed by atoms with Gasteiger partial charge in [0.15, 0.2) is 0 Å². The molecule has 1 aromatic heterocycles. The van der Waals surface area contributed by atoms with Crippen LogP contribution in [0.25, 0.3) is 0 Å². The highest BCUT2D eigenvalue weighted by Crippen LogP contribution is 2.15. The second-order valence-electron chi connectivity index (χ2n) is 5.40. The first-order valence-electron chi connectivity index (χ1n) is 7.57. The largest absolute Gasteiger partial charge is 0.411 e. The van der Waals surface area contributed by atoms with E-state index in [2.05, 4.69) is 15.5 Å². The molecule has 26 heavy (non-hydrogen) atoms. The predicted octanol–water partition coefficient (Wildman–Crippen LogP) is 2.63. The number of amides is 1. The van der Waals surface area contributed by atoms with Crippen LogP contribution in [0, 0.1) is 0 Å². The van der Waals surface area contributed by atoms with Gasteiger partial charge >= 0.3 is 5.22 Å². The molecule has 0 saturated heterocycles. The Morgan fingerprint density at radius 1 is 1.04 bits per heavy atom. The summed E-state index contributed by atoms with van der Waals surface area (Å²) in [5.41, 5.74) is 1.02. The molecule has 1 amide bonds. The molecule has 0 aliphatic carbocycles. The molecular weight excluding hydrogens is 378 g/mol. The average molecular weight is 392 g/mol. The summed E-state index contributed by atoms with van der Waals surface area (Å²) in [5, 5.41) is 9.87. The monoisotopic (exact) mass is 391 g/mol. The number of carbonyl (C=O) groups is 1. The lowest BCUT2D eigenvalue weighted by molar-refractivity contribution is 0.0946. The number of benzene rings is 2. The minimum absolute atomic E-state index is 0.000972. The molecule has 0 fully saturated rings. The molecule has 0 radical (unpaired) electrons. The second kappa shape index (κ2) is 7.67. The van der Waals surface area contributed by atoms with Crippen molar-refractivity contribution >= 4 is 27.3 Å². The van der Waals surface area contributed by atoms with Crippen LogP contribution in [0.3, 0.4) is 0 Å². The van der Waals surface area contributed by atoms with Crippen LogP contribution in [-0.4, -0.2) is 24.5 Å². The fourth-order valence-corrected chi connectivity index (χ4v) is 3.42. The first-order valence-corrected chi connectivity index (χ1v) is 9.60. The van der Waals surface area contributed by atoms with E-state index in [1.807, 2.05) is 0 Å². The lowest BCUT2D eigenvalue weighted by Crippen LogP contribution is -2.22. The highest BCUT2D eigenvalue weighted by molar-refractivity contribution is 7.90. The Morgan fingerprint density at radius 3 is 2.42 bits per heavy atom. The SMILES string of the molecule is O=C(NCc1nnc(S(=O)(=O)Cc2ccccc2)o1)c1ccc(Cl)cc1. The number of nitrogens with one attached hydrogen (secondary N) is 1. The van der Waals surface area contributed by atoms with E-state index in [-0.39, 0.29) is 24.1 Å². The van der Waals surface area contributed by atoms with E-state index in [4.69, 9.17) is 16.0 Å². The molecule has 1 heterocycles. The average Bonchev–Trinajstić information content (AvgIpc) is 3.11. The number of aromatic nitrogens is 2. The van der Waals surface area contributed by atoms with E-state index in [1.165, 1.54) is 0 Å². The van der Waals surface area contributed by atoms with Gasteiger partial charge in [0.05, 0.1) is 12.3 Å². The van der Waals surface area contributed by atoms with Crippen LogP contribution in [0.15, 0.2) is 64.2 Å². The fraction of sp³-hybridized carbons (Fsp3) is 0.118. The van der Waals surface area contributed by atoms with Crippen molar-refractivity contribution in [2.45, 2.75) is 17.5 Å². The fourth-order valence-electron chi connectivity index (χ4n) is 2.15. The highest BCUT2D eigenvalue weighted by atomic mass is 35.5. The van der Waals surface area contributed by atoms with Gasteiger partial charge in [0, 0.05) is 10.6 Å². The Bertz CT molecular complexity index is 1000. The summed E-state index contributed by atoms with van der Waals surface area (Å²) in [6.07, 6.45) is 0. The number of carbonyl (C=O) groups excluding carboxylic acids is 1. The number of hydrogen-bond acceptors (Lipinski definition) is 6. The van der Waals surface area contributed by atoms with Crippen molar-refractivity contribution in [3.8, 4) is 0 Å². The van der Waals surface area contributed by atoms with Gasteiger partial charge in [-0.05, 0) is 29.8 Å². The molecule has 3 aromatic rings. The van der Waals surface area contributed by atoms with Crippen molar-refractivity contribution in [2.75, 3.05) is 0 Å². The summed E-state index contributed by atoms with van der Waals surface area (Å²) < 4.78 is 29.8. The molecule has 0 aliphatic rings. The number of rotatable bonds is 6. The molecule has 0 aliphatic heterocycles. The molecule has 0 unspecified atom stereocenters. The standard InChI is InChI=1S/C17H14ClN3O4S/c18-14-8-6-13(7-9-14)16(22)19-10-15-20-21-17(25-15)26(23,24)11-12-4-2-1-3-5-12/h1-9H,10-11H2,(H,19,22). The van der Waals surface area contributed by atoms with Crippen LogP contribution in [0.1, 0.15) is 21.8 Å². The van der Waals surface area contributed by atoms with Crippen molar-refractivity contribution in [1.82, 2.24) is 15.5 Å². The molecule has 0 bridgehead atoms. The molecule has 7 nitrogen and oxygen atoms in total. The summed E-state index contributed by atoms with van der Waals surface area (Å²) in [7, 11) is -3.76. The van der Waals surface area contributed by atoms with Crippen LogP contribution in [0.2, 0.25) is 5.02 Å². The van der Waals surface area contributed by atoms with Crippen molar-refractivity contribution < 1.29 is 17.6 Å². The van der Waals surface area contributed by atoms with Crippen LogP contribution in [0.5, 0.6) is 0 Å². The third-order valence-corrected chi connectivity index (χ3v) is 5.08. The Morgan fingerprint density at radius 2 is 1.73 bits per heavy atom. The third-order valence-electron chi connectivity index (χ3n) is 3.42. The third kappa shape index (κ3) is 4.47. The van der Waals surface area contributed by atoms with Gasteiger partial charge in [-0.15, -0.1) is 5.10 Å². The molecule has 134 valence electrons. The van der Waals surface area contributed by atoms with E-state index in [1.54, 1.807) is 54.6 Å². The van der Waals surface area contributed by atoms with Gasteiger partial charge in [-0.25, -0.2) is 8.42 Å². The van der Waals surface area contributed by atoms with Crippen LogP contribution < -0.4 is 5.32 Å². The van der Waals surface area contributed by atoms with Crippen molar-refractivity contribution in [2.24, 2.45) is 0 Å². The molecule has 0 saturated carbocycles. The molecular formula is C17H14ClN3O4S. The van der Waals surface area contributed by atoms with Gasteiger partial charge in [-0.3, -0.25) is 4.79 Å². The quantitative estimate of drug-likeness (QED) is 0.693. The van der Waals surface area contributed by atoms with Crippen LogP contribution in [0.4, 0.5) is 0 Å². The minimum atomic E-state index is -3.76. The van der Waals surface area contributed by atoms with Crippen LogP contribution in [-0.2, 0) is 22.1 Å². The lowest BCUT2D eigenvalue weighted by atomic mass is 10.2. The Hall–Kier alpha value is -2.71. The maximum Gasteiger partial charge on any atom is 0.335 e. The first-order chi connectivity index (χ1) is 12.4. The minimum Gasteiger partial charge on any atom is -0.411 e. The van der Waals surface area contributed by atoms with Crippen LogP contribution >= 0.6 is 11.6 Å². The normalized spacial score (nSPS) is 11.3. The Balaban J connectivity index is 1.64. The number of nitrogens with zero attached hydrogens (tertiary/aromatic N) is 2. The van der Waals surface area contributed by atoms with Gasteiger partial charge in [-0.2, -0.15) is 0 Å². The van der Waals surface area contributed by atoms with Gasteiger partial charge in [0.25, 0.3) is 5.91 Å². The van der Waals surface area contributed by atoms with Gasteiger partial charge < -0.3 is 9.73 Å². The number of halogens is 1. The smallest absolute Gasteiger partial charge is 0.335 e. The molecule has 3 rings (SSSR count). The number of hydrogen-bond donors (Lipinski definition) is 1. The zero-order valence-corrected chi connectivity index (χ0v) is 15.0. The topological polar surface area (TPSA) is 102 Å².